The van der Waals surface area contributed by atoms with E-state index in [2.05, 4.69) is 15.8 Å². The molecular weight excluding hydrogens is 525 g/mol. The van der Waals surface area contributed by atoms with E-state index in [1.807, 2.05) is 13.0 Å². The first-order valence-electron chi connectivity index (χ1n) is 11.4. The minimum Gasteiger partial charge on any atom is -0.422 e. The van der Waals surface area contributed by atoms with E-state index in [0.717, 1.165) is 5.56 Å². The summed E-state index contributed by atoms with van der Waals surface area (Å²) in [5.41, 5.74) is 5.40. The number of hydrogen-bond acceptors (Lipinski definition) is 5. The Balaban J connectivity index is 1.36. The zero-order valence-corrected chi connectivity index (χ0v) is 21.6. The fraction of sp³-hybridized carbons (Fsp3) is 0.0345. The van der Waals surface area contributed by atoms with Gasteiger partial charge in [0, 0.05) is 21.8 Å². The van der Waals surface area contributed by atoms with Crippen LogP contribution in [0.15, 0.2) is 96.1 Å². The van der Waals surface area contributed by atoms with Crippen molar-refractivity contribution >= 4 is 52.9 Å². The van der Waals surface area contributed by atoms with Gasteiger partial charge in [-0.05, 0) is 73.7 Å². The maximum atomic E-state index is 12.5. The highest BCUT2D eigenvalue weighted by atomic mass is 35.5. The molecular formula is C29H21Cl2N3O4. The molecule has 4 rings (SSSR count). The van der Waals surface area contributed by atoms with Gasteiger partial charge in [0.2, 0.25) is 0 Å². The molecule has 0 atom stereocenters. The predicted octanol–water partition coefficient (Wildman–Crippen LogP) is 6.54. The summed E-state index contributed by atoms with van der Waals surface area (Å²) >= 11 is 12.0. The third kappa shape index (κ3) is 6.85. The molecule has 7 nitrogen and oxygen atoms in total. The summed E-state index contributed by atoms with van der Waals surface area (Å²) in [5, 5.41) is 7.36. The largest absolute Gasteiger partial charge is 0.422 e. The van der Waals surface area contributed by atoms with Crippen molar-refractivity contribution in [1.82, 2.24) is 5.43 Å². The van der Waals surface area contributed by atoms with Gasteiger partial charge in [-0.15, -0.1) is 0 Å². The lowest BCUT2D eigenvalue weighted by molar-refractivity contribution is 0.0733. The van der Waals surface area contributed by atoms with E-state index in [9.17, 15) is 14.4 Å². The van der Waals surface area contributed by atoms with Crippen molar-refractivity contribution in [2.24, 2.45) is 5.10 Å². The Kier molecular flexibility index (Phi) is 8.53. The molecule has 0 saturated carbocycles. The van der Waals surface area contributed by atoms with E-state index >= 15 is 0 Å². The van der Waals surface area contributed by atoms with Crippen LogP contribution in [-0.4, -0.2) is 24.0 Å². The lowest BCUT2D eigenvalue weighted by atomic mass is 10.1. The van der Waals surface area contributed by atoms with Crippen LogP contribution in [0, 0.1) is 6.92 Å². The van der Waals surface area contributed by atoms with Gasteiger partial charge in [-0.3, -0.25) is 9.59 Å². The highest BCUT2D eigenvalue weighted by molar-refractivity contribution is 6.37. The number of amides is 2. The summed E-state index contributed by atoms with van der Waals surface area (Å²) < 4.78 is 5.53. The van der Waals surface area contributed by atoms with Gasteiger partial charge in [0.25, 0.3) is 11.8 Å². The Labute approximate surface area is 229 Å². The maximum Gasteiger partial charge on any atom is 0.343 e. The second-order valence-corrected chi connectivity index (χ2v) is 9.00. The fourth-order valence-corrected chi connectivity index (χ4v) is 3.91. The molecule has 0 spiro atoms. The number of hydrogen-bond donors (Lipinski definition) is 2. The smallest absolute Gasteiger partial charge is 0.343 e. The number of para-hydroxylation sites is 1. The summed E-state index contributed by atoms with van der Waals surface area (Å²) in [7, 11) is 0. The first-order valence-corrected chi connectivity index (χ1v) is 12.1. The maximum absolute atomic E-state index is 12.5. The van der Waals surface area contributed by atoms with Crippen molar-refractivity contribution in [2.75, 3.05) is 5.32 Å². The number of nitrogens with zero attached hydrogens (tertiary/aromatic N) is 1. The quantitative estimate of drug-likeness (QED) is 0.119. The lowest BCUT2D eigenvalue weighted by Crippen LogP contribution is -2.18. The normalized spacial score (nSPS) is 10.7. The summed E-state index contributed by atoms with van der Waals surface area (Å²) in [6, 6.07) is 24.8. The number of ether oxygens (including phenoxy) is 1. The molecule has 2 N–H and O–H groups in total. The fourth-order valence-electron chi connectivity index (χ4n) is 3.41. The molecule has 4 aromatic carbocycles. The van der Waals surface area contributed by atoms with Crippen LogP contribution in [-0.2, 0) is 0 Å². The van der Waals surface area contributed by atoms with Gasteiger partial charge in [-0.1, -0.05) is 53.0 Å². The topological polar surface area (TPSA) is 96.9 Å². The van der Waals surface area contributed by atoms with Crippen LogP contribution in [0.3, 0.4) is 0 Å². The second kappa shape index (κ2) is 12.2. The van der Waals surface area contributed by atoms with E-state index in [1.165, 1.54) is 18.3 Å². The van der Waals surface area contributed by atoms with Crippen LogP contribution in [0.2, 0.25) is 10.0 Å². The monoisotopic (exact) mass is 545 g/mol. The molecule has 0 aromatic heterocycles. The van der Waals surface area contributed by atoms with Gasteiger partial charge in [0.1, 0.15) is 5.75 Å². The molecule has 0 radical (unpaired) electrons. The van der Waals surface area contributed by atoms with E-state index < -0.39 is 17.8 Å². The molecule has 0 aliphatic carbocycles. The van der Waals surface area contributed by atoms with Crippen LogP contribution in [0.4, 0.5) is 5.69 Å². The molecule has 0 aliphatic heterocycles. The summed E-state index contributed by atoms with van der Waals surface area (Å²) in [4.78, 5) is 37.5. The molecule has 0 aliphatic rings. The minimum absolute atomic E-state index is 0.232. The second-order valence-electron chi connectivity index (χ2n) is 8.15. The molecule has 0 fully saturated rings. The lowest BCUT2D eigenvalue weighted by Gasteiger charge is -2.08. The Bertz CT molecular complexity index is 1540. The Morgan fingerprint density at radius 1 is 0.816 bits per heavy atom. The Hall–Kier alpha value is -4.46. The van der Waals surface area contributed by atoms with Crippen LogP contribution in [0.1, 0.15) is 42.2 Å². The van der Waals surface area contributed by atoms with Crippen LogP contribution in [0.5, 0.6) is 5.75 Å². The SMILES string of the molecule is Cc1cccc(C(=O)Oc2ccccc2/C=N\NC(=O)c2ccc(NC(=O)c3ccc(Cl)cc3Cl)cc2)c1. The van der Waals surface area contributed by atoms with Gasteiger partial charge in [0.05, 0.1) is 22.4 Å². The van der Waals surface area contributed by atoms with Crippen molar-refractivity contribution in [3.63, 3.8) is 0 Å². The van der Waals surface area contributed by atoms with E-state index in [1.54, 1.807) is 72.8 Å². The van der Waals surface area contributed by atoms with Crippen LogP contribution >= 0.6 is 23.2 Å². The third-order valence-corrected chi connectivity index (χ3v) is 5.87. The zero-order chi connectivity index (χ0) is 27.1. The minimum atomic E-state index is -0.496. The average molecular weight is 546 g/mol. The van der Waals surface area contributed by atoms with Gasteiger partial charge >= 0.3 is 5.97 Å². The number of benzene rings is 4. The number of hydrazone groups is 1. The van der Waals surface area contributed by atoms with Crippen molar-refractivity contribution in [1.29, 1.82) is 0 Å². The average Bonchev–Trinajstić information content (AvgIpc) is 2.90. The first kappa shape index (κ1) is 26.6. The van der Waals surface area contributed by atoms with Gasteiger partial charge in [0.15, 0.2) is 0 Å². The van der Waals surface area contributed by atoms with Crippen LogP contribution in [0.25, 0.3) is 0 Å². The van der Waals surface area contributed by atoms with E-state index in [-0.39, 0.29) is 10.6 Å². The summed E-state index contributed by atoms with van der Waals surface area (Å²) in [5.74, 6) is -1.06. The first-order chi connectivity index (χ1) is 18.3. The van der Waals surface area contributed by atoms with Crippen LogP contribution < -0.4 is 15.5 Å². The third-order valence-electron chi connectivity index (χ3n) is 5.33. The number of nitrogens with one attached hydrogen (secondary N) is 2. The zero-order valence-electron chi connectivity index (χ0n) is 20.1. The van der Waals surface area contributed by atoms with Crippen molar-refractivity contribution in [2.45, 2.75) is 6.92 Å². The molecule has 9 heteroatoms. The number of carbonyl (C=O) groups is 3. The number of halogens is 2. The molecule has 0 bridgehead atoms. The van der Waals surface area contributed by atoms with Crippen molar-refractivity contribution in [3.05, 3.63) is 129 Å². The molecule has 38 heavy (non-hydrogen) atoms. The van der Waals surface area contributed by atoms with Crippen molar-refractivity contribution < 1.29 is 19.1 Å². The van der Waals surface area contributed by atoms with Gasteiger partial charge in [-0.2, -0.15) is 5.10 Å². The number of anilines is 1. The molecule has 0 heterocycles. The Morgan fingerprint density at radius 3 is 2.32 bits per heavy atom. The number of rotatable bonds is 7. The van der Waals surface area contributed by atoms with Crippen molar-refractivity contribution in [3.8, 4) is 5.75 Å². The number of carbonyl (C=O) groups excluding carboxylic acids is 3. The highest BCUT2D eigenvalue weighted by Gasteiger charge is 2.13. The Morgan fingerprint density at radius 2 is 1.58 bits per heavy atom. The molecule has 0 unspecified atom stereocenters. The summed E-state index contributed by atoms with van der Waals surface area (Å²) in [6.07, 6.45) is 1.39. The molecule has 4 aromatic rings. The van der Waals surface area contributed by atoms with Gasteiger partial charge < -0.3 is 10.1 Å². The number of esters is 1. The molecule has 0 saturated heterocycles. The molecule has 2 amide bonds. The van der Waals surface area contributed by atoms with Gasteiger partial charge in [-0.25, -0.2) is 10.2 Å². The highest BCUT2D eigenvalue weighted by Crippen LogP contribution is 2.22. The summed E-state index contributed by atoms with van der Waals surface area (Å²) in [6.45, 7) is 1.89. The number of aryl methyl sites for hydroxylation is 1. The standard InChI is InChI=1S/C29H21Cl2N3O4/c1-18-5-4-7-20(15-18)29(37)38-26-8-3-2-6-21(26)17-32-34-27(35)19-9-12-23(13-10-19)33-28(36)24-14-11-22(30)16-25(24)31/h2-17H,1H3,(H,33,36)(H,34,35)/b32-17-. The van der Waals surface area contributed by atoms with E-state index in [4.69, 9.17) is 27.9 Å². The van der Waals surface area contributed by atoms with E-state index in [0.29, 0.717) is 33.1 Å². The molecule has 190 valence electrons. The predicted molar refractivity (Wildman–Crippen MR) is 148 cm³/mol.